The molecule has 1 aliphatic heterocycles. The Morgan fingerprint density at radius 2 is 1.88 bits per heavy atom. The van der Waals surface area contributed by atoms with Gasteiger partial charge in [-0.3, -0.25) is 24.4 Å². The first kappa shape index (κ1) is 30.3. The first-order valence-corrected chi connectivity index (χ1v) is 16.2. The minimum Gasteiger partial charge on any atom is -0.446 e. The topological polar surface area (TPSA) is 151 Å². The van der Waals surface area contributed by atoms with Crippen molar-refractivity contribution in [3.63, 3.8) is 0 Å². The molecule has 3 N–H and O–H groups in total. The van der Waals surface area contributed by atoms with Gasteiger partial charge in [0.25, 0.3) is 5.91 Å². The Hall–Kier alpha value is -3.12. The molecule has 1 heterocycles. The van der Waals surface area contributed by atoms with E-state index in [1.165, 1.54) is 0 Å². The molecule has 228 valence electrons. The fourth-order valence-electron chi connectivity index (χ4n) is 5.86. The highest BCUT2D eigenvalue weighted by molar-refractivity contribution is 7.91. The molecule has 4 amide bonds. The fraction of sp³-hybridized carbons (Fsp3) is 0.586. The molecule has 1 aromatic carbocycles. The molecule has 0 aromatic heterocycles. The number of carbonyl (C=O) groups excluding carboxylic acids is 4. The second-order valence-electron chi connectivity index (χ2n) is 12.2. The number of amides is 4. The van der Waals surface area contributed by atoms with E-state index in [1.54, 1.807) is 43.1 Å². The molecule has 0 unspecified atom stereocenters. The first-order valence-electron chi connectivity index (χ1n) is 14.4. The second-order valence-corrected chi connectivity index (χ2v) is 14.8. The van der Waals surface area contributed by atoms with Crippen LogP contribution in [0.15, 0.2) is 36.4 Å². The van der Waals surface area contributed by atoms with Crippen LogP contribution in [0.4, 0.5) is 10.5 Å². The van der Waals surface area contributed by atoms with Crippen molar-refractivity contribution in [1.82, 2.24) is 14.9 Å². The molecule has 13 heteroatoms. The molecular formula is C29H37ClN4O7S. The second kappa shape index (κ2) is 11.5. The van der Waals surface area contributed by atoms with Crippen molar-refractivity contribution in [2.24, 2.45) is 17.8 Å². The summed E-state index contributed by atoms with van der Waals surface area (Å²) < 4.78 is 32.6. The number of carbonyl (C=O) groups is 4. The molecule has 0 saturated heterocycles. The van der Waals surface area contributed by atoms with Crippen molar-refractivity contribution in [2.75, 3.05) is 18.9 Å². The summed E-state index contributed by atoms with van der Waals surface area (Å²) in [4.78, 5) is 55.0. The van der Waals surface area contributed by atoms with Crippen LogP contribution >= 0.6 is 11.6 Å². The Morgan fingerprint density at radius 1 is 1.14 bits per heavy atom. The van der Waals surface area contributed by atoms with Crippen LogP contribution in [0.25, 0.3) is 0 Å². The third-order valence-electron chi connectivity index (χ3n) is 8.97. The Morgan fingerprint density at radius 3 is 2.60 bits per heavy atom. The van der Waals surface area contributed by atoms with Crippen LogP contribution in [-0.4, -0.2) is 67.1 Å². The molecule has 0 radical (unpaired) electrons. The number of sulfonamides is 1. The highest BCUT2D eigenvalue weighted by Crippen LogP contribution is 2.48. The lowest BCUT2D eigenvalue weighted by molar-refractivity contribution is -0.140. The summed E-state index contributed by atoms with van der Waals surface area (Å²) in [5.41, 5.74) is -0.994. The summed E-state index contributed by atoms with van der Waals surface area (Å²) in [5.74, 6) is -3.57. The van der Waals surface area contributed by atoms with Gasteiger partial charge in [-0.15, -0.1) is 0 Å². The van der Waals surface area contributed by atoms with Gasteiger partial charge in [0.05, 0.1) is 16.6 Å². The first-order chi connectivity index (χ1) is 19.8. The van der Waals surface area contributed by atoms with Crippen LogP contribution in [-0.2, 0) is 29.1 Å². The normalized spacial score (nSPS) is 30.7. The zero-order valence-corrected chi connectivity index (χ0v) is 25.3. The molecule has 11 nitrogen and oxygen atoms in total. The highest BCUT2D eigenvalue weighted by Gasteiger charge is 2.63. The zero-order valence-electron chi connectivity index (χ0n) is 23.7. The summed E-state index contributed by atoms with van der Waals surface area (Å²) in [6, 6.07) is 6.57. The predicted molar refractivity (Wildman–Crippen MR) is 156 cm³/mol. The van der Waals surface area contributed by atoms with Crippen LogP contribution in [0, 0.1) is 17.8 Å². The number of nitrogens with one attached hydrogen (secondary N) is 3. The monoisotopic (exact) mass is 620 g/mol. The minimum atomic E-state index is -3.92. The van der Waals surface area contributed by atoms with Crippen LogP contribution in [0.5, 0.6) is 0 Å². The molecule has 4 aliphatic rings. The van der Waals surface area contributed by atoms with E-state index in [-0.39, 0.29) is 31.1 Å². The molecule has 42 heavy (non-hydrogen) atoms. The number of rotatable bonds is 5. The average molecular weight is 621 g/mol. The Labute approximate surface area is 250 Å². The fourth-order valence-corrected chi connectivity index (χ4v) is 7.36. The van der Waals surface area contributed by atoms with E-state index in [9.17, 15) is 27.6 Å². The Balaban J connectivity index is 1.35. The smallest absolute Gasteiger partial charge is 0.411 e. The standard InChI is InChI=1S/C29H37ClN4O7S/c1-28(11-12-28)42(39,40)33-26(37)29-17-18(29)8-5-3-4-6-13-34(2)25(36)23-16-21(15-22(23)24(35)32-29)41-27(38)31-20-10-7-9-19(30)14-20/h5,7-10,14,18,21-23H,3-4,6,11-13,15-17H2,1-2H3,(H,31,38)(H,32,35)(H,33,37)/t18-,21-,22-,23-,29-/m1/s1. The predicted octanol–water partition coefficient (Wildman–Crippen LogP) is 3.36. The molecule has 0 bridgehead atoms. The molecule has 3 fully saturated rings. The van der Waals surface area contributed by atoms with Crippen molar-refractivity contribution in [1.29, 1.82) is 0 Å². The van der Waals surface area contributed by atoms with Crippen molar-refractivity contribution < 1.29 is 32.3 Å². The van der Waals surface area contributed by atoms with E-state index in [0.29, 0.717) is 30.1 Å². The van der Waals surface area contributed by atoms with Gasteiger partial charge in [0.2, 0.25) is 21.8 Å². The van der Waals surface area contributed by atoms with Gasteiger partial charge in [-0.25, -0.2) is 13.2 Å². The molecule has 0 spiro atoms. The SMILES string of the molecule is CN1CCCCC=C[C@@H]2C[C@@]2(C(=O)NS(=O)(=O)C2(C)CC2)NC(=O)[C@@H]2C[C@@H](OC(=O)Nc3cccc(Cl)c3)C[C@H]2C1=O. The van der Waals surface area contributed by atoms with Crippen LogP contribution < -0.4 is 15.4 Å². The van der Waals surface area contributed by atoms with E-state index in [2.05, 4.69) is 15.4 Å². The molecule has 1 aromatic rings. The quantitative estimate of drug-likeness (QED) is 0.427. The number of hydrogen-bond acceptors (Lipinski definition) is 7. The van der Waals surface area contributed by atoms with Gasteiger partial charge in [-0.1, -0.05) is 29.8 Å². The maximum absolute atomic E-state index is 13.8. The maximum Gasteiger partial charge on any atom is 0.411 e. The lowest BCUT2D eigenvalue weighted by atomic mass is 9.93. The Bertz CT molecular complexity index is 1410. The van der Waals surface area contributed by atoms with E-state index in [1.807, 2.05) is 12.2 Å². The van der Waals surface area contributed by atoms with Gasteiger partial charge in [-0.05, 0) is 76.5 Å². The number of benzene rings is 1. The molecular weight excluding hydrogens is 584 g/mol. The Kier molecular flexibility index (Phi) is 8.32. The van der Waals surface area contributed by atoms with Gasteiger partial charge in [0, 0.05) is 30.2 Å². The van der Waals surface area contributed by atoms with Crippen molar-refractivity contribution >= 4 is 51.1 Å². The van der Waals surface area contributed by atoms with Gasteiger partial charge in [-0.2, -0.15) is 0 Å². The number of halogens is 1. The maximum atomic E-state index is 13.8. The third kappa shape index (κ3) is 6.29. The molecule has 5 rings (SSSR count). The summed E-state index contributed by atoms with van der Waals surface area (Å²) >= 11 is 5.99. The summed E-state index contributed by atoms with van der Waals surface area (Å²) in [6.45, 7) is 2.11. The van der Waals surface area contributed by atoms with Gasteiger partial charge in [0.15, 0.2) is 0 Å². The molecule has 3 aliphatic carbocycles. The molecule has 3 saturated carbocycles. The van der Waals surface area contributed by atoms with Gasteiger partial charge < -0.3 is 15.0 Å². The summed E-state index contributed by atoms with van der Waals surface area (Å²) in [7, 11) is -2.23. The molecule has 5 atom stereocenters. The lowest BCUT2D eigenvalue weighted by Crippen LogP contribution is -2.55. The number of fused-ring (bicyclic) bond motifs is 2. The number of ether oxygens (including phenoxy) is 1. The van der Waals surface area contributed by atoms with Gasteiger partial charge >= 0.3 is 6.09 Å². The van der Waals surface area contributed by atoms with E-state index in [4.69, 9.17) is 16.3 Å². The van der Waals surface area contributed by atoms with E-state index in [0.717, 1.165) is 19.3 Å². The zero-order chi connectivity index (χ0) is 30.3. The lowest BCUT2D eigenvalue weighted by Gasteiger charge is -2.27. The van der Waals surface area contributed by atoms with E-state index >= 15 is 0 Å². The van der Waals surface area contributed by atoms with Crippen molar-refractivity contribution in [2.45, 2.75) is 74.7 Å². The largest absolute Gasteiger partial charge is 0.446 e. The average Bonchev–Trinajstić information content (AvgIpc) is 3.80. The van der Waals surface area contributed by atoms with Crippen LogP contribution in [0.3, 0.4) is 0 Å². The van der Waals surface area contributed by atoms with E-state index < -0.39 is 56.2 Å². The minimum absolute atomic E-state index is 0.0770. The number of anilines is 1. The summed E-state index contributed by atoms with van der Waals surface area (Å²) in [6.07, 6.45) is 6.03. The summed E-state index contributed by atoms with van der Waals surface area (Å²) in [5, 5.41) is 5.88. The third-order valence-corrected chi connectivity index (χ3v) is 11.4. The number of allylic oxidation sites excluding steroid dienone is 1. The number of nitrogens with zero attached hydrogens (tertiary/aromatic N) is 1. The van der Waals surface area contributed by atoms with Gasteiger partial charge in [0.1, 0.15) is 11.6 Å². The van der Waals surface area contributed by atoms with Crippen molar-refractivity contribution in [3.05, 3.63) is 41.4 Å². The van der Waals surface area contributed by atoms with Crippen molar-refractivity contribution in [3.8, 4) is 0 Å². The number of hydrogen-bond donors (Lipinski definition) is 3. The highest BCUT2D eigenvalue weighted by atomic mass is 35.5. The van der Waals surface area contributed by atoms with Crippen LogP contribution in [0.1, 0.15) is 58.3 Å². The van der Waals surface area contributed by atoms with Crippen LogP contribution in [0.2, 0.25) is 5.02 Å².